The van der Waals surface area contributed by atoms with Gasteiger partial charge in [-0.3, -0.25) is 9.59 Å². The zero-order valence-electron chi connectivity index (χ0n) is 7.15. The molecule has 0 bridgehead atoms. The van der Waals surface area contributed by atoms with Crippen LogP contribution in [0.3, 0.4) is 0 Å². The first-order chi connectivity index (χ1) is 6.52. The van der Waals surface area contributed by atoms with Crippen molar-refractivity contribution in [2.75, 3.05) is 0 Å². The van der Waals surface area contributed by atoms with E-state index in [0.717, 1.165) is 11.3 Å². The molecule has 76 valence electrons. The van der Waals surface area contributed by atoms with Crippen LogP contribution >= 0.6 is 27.3 Å². The predicted octanol–water partition coefficient (Wildman–Crippen LogP) is 1.11. The van der Waals surface area contributed by atoms with Crippen molar-refractivity contribution in [1.29, 1.82) is 0 Å². The summed E-state index contributed by atoms with van der Waals surface area (Å²) in [4.78, 5) is 26.0. The van der Waals surface area contributed by atoms with Gasteiger partial charge in [-0.1, -0.05) is 0 Å². The van der Waals surface area contributed by atoms with Gasteiger partial charge in [-0.05, 0) is 22.9 Å². The highest BCUT2D eigenvalue weighted by molar-refractivity contribution is 9.10. The van der Waals surface area contributed by atoms with Crippen LogP contribution in [0.5, 0.6) is 0 Å². The van der Waals surface area contributed by atoms with E-state index < -0.39 is 17.9 Å². The van der Waals surface area contributed by atoms with E-state index >= 15 is 0 Å². The first kappa shape index (κ1) is 11.1. The Morgan fingerprint density at radius 1 is 1.71 bits per heavy atom. The summed E-state index contributed by atoms with van der Waals surface area (Å²) < 4.78 is 0.428. The summed E-state index contributed by atoms with van der Waals surface area (Å²) in [6.07, 6.45) is 0. The highest BCUT2D eigenvalue weighted by Gasteiger charge is 2.18. The van der Waals surface area contributed by atoms with Gasteiger partial charge in [0.15, 0.2) is 0 Å². The molecule has 0 saturated carbocycles. The van der Waals surface area contributed by atoms with Gasteiger partial charge in [-0.15, -0.1) is 11.3 Å². The van der Waals surface area contributed by atoms with Gasteiger partial charge in [0.25, 0.3) is 5.91 Å². The van der Waals surface area contributed by atoms with Gasteiger partial charge in [0, 0.05) is 0 Å². The van der Waals surface area contributed by atoms with Crippen LogP contribution in [0.2, 0.25) is 0 Å². The van der Waals surface area contributed by atoms with E-state index in [1.807, 2.05) is 0 Å². The quantitative estimate of drug-likeness (QED) is 0.868. The van der Waals surface area contributed by atoms with Crippen LogP contribution < -0.4 is 5.32 Å². The van der Waals surface area contributed by atoms with Gasteiger partial charge < -0.3 is 10.4 Å². The summed E-state index contributed by atoms with van der Waals surface area (Å²) in [5.41, 5.74) is 1.50. The van der Waals surface area contributed by atoms with Crippen molar-refractivity contribution >= 4 is 39.1 Å². The SMILES string of the molecule is C[C@@H](NC(=O)c1scnc1Br)C(=O)O. The van der Waals surface area contributed by atoms with Crippen LogP contribution in [-0.2, 0) is 4.79 Å². The molecule has 1 heterocycles. The van der Waals surface area contributed by atoms with E-state index in [-0.39, 0.29) is 0 Å². The second-order valence-electron chi connectivity index (χ2n) is 2.51. The molecule has 0 aliphatic carbocycles. The molecule has 0 spiro atoms. The summed E-state index contributed by atoms with van der Waals surface area (Å²) in [6, 6.07) is -0.906. The first-order valence-corrected chi connectivity index (χ1v) is 5.32. The van der Waals surface area contributed by atoms with Crippen molar-refractivity contribution in [1.82, 2.24) is 10.3 Å². The van der Waals surface area contributed by atoms with Gasteiger partial charge in [-0.2, -0.15) is 0 Å². The fourth-order valence-electron chi connectivity index (χ4n) is 0.704. The van der Waals surface area contributed by atoms with Gasteiger partial charge in [-0.25, -0.2) is 4.98 Å². The topological polar surface area (TPSA) is 79.3 Å². The van der Waals surface area contributed by atoms with Crippen molar-refractivity contribution in [3.63, 3.8) is 0 Å². The Kier molecular flexibility index (Phi) is 3.59. The minimum atomic E-state index is -1.07. The summed E-state index contributed by atoms with van der Waals surface area (Å²) in [6.45, 7) is 1.40. The number of nitrogens with one attached hydrogen (secondary N) is 1. The van der Waals surface area contributed by atoms with Crippen molar-refractivity contribution < 1.29 is 14.7 Å². The normalized spacial score (nSPS) is 12.1. The summed E-state index contributed by atoms with van der Waals surface area (Å²) in [5.74, 6) is -1.51. The van der Waals surface area contributed by atoms with Gasteiger partial charge >= 0.3 is 5.97 Å². The Balaban J connectivity index is 2.69. The molecular formula is C7H7BrN2O3S. The lowest BCUT2D eigenvalue weighted by Crippen LogP contribution is -2.38. The molecule has 0 saturated heterocycles. The molecule has 14 heavy (non-hydrogen) atoms. The largest absolute Gasteiger partial charge is 0.480 e. The molecule has 0 unspecified atom stereocenters. The number of rotatable bonds is 3. The molecule has 1 aromatic heterocycles. The van der Waals surface area contributed by atoms with E-state index in [4.69, 9.17) is 5.11 Å². The molecule has 1 aromatic rings. The average molecular weight is 279 g/mol. The van der Waals surface area contributed by atoms with E-state index in [2.05, 4.69) is 26.2 Å². The summed E-state index contributed by atoms with van der Waals surface area (Å²) >= 11 is 4.23. The van der Waals surface area contributed by atoms with Crippen molar-refractivity contribution in [3.8, 4) is 0 Å². The van der Waals surface area contributed by atoms with E-state index in [1.54, 1.807) is 0 Å². The van der Waals surface area contributed by atoms with Crippen molar-refractivity contribution in [2.45, 2.75) is 13.0 Å². The van der Waals surface area contributed by atoms with Crippen LogP contribution in [0.4, 0.5) is 0 Å². The molecular weight excluding hydrogens is 272 g/mol. The minimum absolute atomic E-state index is 0.373. The number of carboxylic acid groups (broad SMARTS) is 1. The van der Waals surface area contributed by atoms with Crippen LogP contribution in [0.1, 0.15) is 16.6 Å². The predicted molar refractivity (Wildman–Crippen MR) is 54.4 cm³/mol. The number of thiazole rings is 1. The number of aliphatic carboxylic acids is 1. The molecule has 0 aromatic carbocycles. The lowest BCUT2D eigenvalue weighted by Gasteiger charge is -2.07. The molecule has 7 heteroatoms. The fourth-order valence-corrected chi connectivity index (χ4v) is 1.98. The Labute approximate surface area is 92.3 Å². The fraction of sp³-hybridized carbons (Fsp3) is 0.286. The number of nitrogens with zero attached hydrogens (tertiary/aromatic N) is 1. The standard InChI is InChI=1S/C7H7BrN2O3S/c1-3(7(12)13)10-6(11)4-5(8)9-2-14-4/h2-3H,1H3,(H,10,11)(H,12,13)/t3-/m1/s1. The third kappa shape index (κ3) is 2.52. The Bertz CT molecular complexity index is 366. The average Bonchev–Trinajstić information content (AvgIpc) is 2.51. The maximum absolute atomic E-state index is 11.4. The lowest BCUT2D eigenvalue weighted by molar-refractivity contribution is -0.138. The third-order valence-electron chi connectivity index (χ3n) is 1.45. The van der Waals surface area contributed by atoms with Crippen LogP contribution in [0.15, 0.2) is 10.1 Å². The summed E-state index contributed by atoms with van der Waals surface area (Å²) in [5, 5.41) is 10.9. The monoisotopic (exact) mass is 278 g/mol. The second kappa shape index (κ2) is 4.52. The Morgan fingerprint density at radius 3 is 2.79 bits per heavy atom. The molecule has 0 fully saturated rings. The maximum atomic E-state index is 11.4. The molecule has 2 N–H and O–H groups in total. The number of aromatic nitrogens is 1. The van der Waals surface area contributed by atoms with E-state index in [1.165, 1.54) is 12.4 Å². The number of carbonyl (C=O) groups excluding carboxylic acids is 1. The number of hydrogen-bond acceptors (Lipinski definition) is 4. The van der Waals surface area contributed by atoms with Crippen LogP contribution in [0, 0.1) is 0 Å². The third-order valence-corrected chi connectivity index (χ3v) is 3.14. The highest BCUT2D eigenvalue weighted by Crippen LogP contribution is 2.18. The zero-order valence-corrected chi connectivity index (χ0v) is 9.55. The Morgan fingerprint density at radius 2 is 2.36 bits per heavy atom. The number of amides is 1. The lowest BCUT2D eigenvalue weighted by atomic mass is 10.3. The van der Waals surface area contributed by atoms with Crippen molar-refractivity contribution in [3.05, 3.63) is 15.0 Å². The van der Waals surface area contributed by atoms with Crippen molar-refractivity contribution in [2.24, 2.45) is 0 Å². The number of halogens is 1. The van der Waals surface area contributed by atoms with E-state index in [9.17, 15) is 9.59 Å². The molecule has 1 rings (SSSR count). The van der Waals surface area contributed by atoms with Crippen LogP contribution in [0.25, 0.3) is 0 Å². The molecule has 5 nitrogen and oxygen atoms in total. The molecule has 0 radical (unpaired) electrons. The zero-order chi connectivity index (χ0) is 10.7. The number of carboxylic acids is 1. The number of carbonyl (C=O) groups is 2. The maximum Gasteiger partial charge on any atom is 0.325 e. The molecule has 0 aliphatic heterocycles. The first-order valence-electron chi connectivity index (χ1n) is 3.65. The summed E-state index contributed by atoms with van der Waals surface area (Å²) in [7, 11) is 0. The van der Waals surface area contributed by atoms with Gasteiger partial charge in [0.2, 0.25) is 0 Å². The highest BCUT2D eigenvalue weighted by atomic mass is 79.9. The Hall–Kier alpha value is -0.950. The smallest absolute Gasteiger partial charge is 0.325 e. The molecule has 1 amide bonds. The van der Waals surface area contributed by atoms with Gasteiger partial charge in [0.1, 0.15) is 15.5 Å². The van der Waals surface area contributed by atoms with Crippen LogP contribution in [-0.4, -0.2) is 28.0 Å². The molecule has 1 atom stereocenters. The second-order valence-corrected chi connectivity index (χ2v) is 4.11. The van der Waals surface area contributed by atoms with Gasteiger partial charge in [0.05, 0.1) is 5.51 Å². The minimum Gasteiger partial charge on any atom is -0.480 e. The molecule has 0 aliphatic rings. The number of hydrogen-bond donors (Lipinski definition) is 2. The van der Waals surface area contributed by atoms with E-state index in [0.29, 0.717) is 9.48 Å².